The lowest BCUT2D eigenvalue weighted by Crippen LogP contribution is -2.31. The van der Waals surface area contributed by atoms with Crippen molar-refractivity contribution in [1.29, 1.82) is 0 Å². The second-order valence-corrected chi connectivity index (χ2v) is 5.08. The molecule has 2 rings (SSSR count). The van der Waals surface area contributed by atoms with Gasteiger partial charge < -0.3 is 10.8 Å². The highest BCUT2D eigenvalue weighted by Gasteiger charge is 2.49. The lowest BCUT2D eigenvalue weighted by atomic mass is 9.89. The zero-order valence-corrected chi connectivity index (χ0v) is 10.0. The molecule has 1 aliphatic rings. The van der Waals surface area contributed by atoms with Crippen LogP contribution in [0.3, 0.4) is 0 Å². The number of benzene rings is 1. The summed E-state index contributed by atoms with van der Waals surface area (Å²) in [6, 6.07) is 2.75. The van der Waals surface area contributed by atoms with Crippen molar-refractivity contribution >= 4 is 15.9 Å². The van der Waals surface area contributed by atoms with Gasteiger partial charge in [-0.05, 0) is 41.8 Å². The third-order valence-electron chi connectivity index (χ3n) is 3.24. The van der Waals surface area contributed by atoms with Crippen molar-refractivity contribution < 1.29 is 9.50 Å². The van der Waals surface area contributed by atoms with Crippen molar-refractivity contribution in [1.82, 2.24) is 0 Å². The van der Waals surface area contributed by atoms with E-state index in [2.05, 4.69) is 15.9 Å². The van der Waals surface area contributed by atoms with E-state index in [1.807, 2.05) is 6.92 Å². The Morgan fingerprint density at radius 2 is 2.13 bits per heavy atom. The molecule has 1 atom stereocenters. The summed E-state index contributed by atoms with van der Waals surface area (Å²) in [7, 11) is 0. The minimum absolute atomic E-state index is 0.00509. The molecule has 0 radical (unpaired) electrons. The molecule has 0 amide bonds. The SMILES string of the molecule is CC(N)C1(c2cc(Br)c(F)cc2O)CC1. The average Bonchev–Trinajstić information content (AvgIpc) is 2.92. The van der Waals surface area contributed by atoms with Crippen LogP contribution in [0.4, 0.5) is 4.39 Å². The zero-order chi connectivity index (χ0) is 11.2. The summed E-state index contributed by atoms with van der Waals surface area (Å²) in [5.41, 5.74) is 6.50. The Labute approximate surface area is 96.4 Å². The van der Waals surface area contributed by atoms with Gasteiger partial charge in [0.2, 0.25) is 0 Å². The number of nitrogens with two attached hydrogens (primary N) is 1. The molecule has 1 saturated carbocycles. The molecule has 3 N–H and O–H groups in total. The van der Waals surface area contributed by atoms with Gasteiger partial charge in [-0.25, -0.2) is 4.39 Å². The van der Waals surface area contributed by atoms with E-state index in [9.17, 15) is 9.50 Å². The number of hydrogen-bond donors (Lipinski definition) is 2. The molecule has 1 aliphatic carbocycles. The van der Waals surface area contributed by atoms with E-state index >= 15 is 0 Å². The van der Waals surface area contributed by atoms with Crippen LogP contribution in [0.25, 0.3) is 0 Å². The number of halogens is 2. The minimum atomic E-state index is -0.447. The zero-order valence-electron chi connectivity index (χ0n) is 8.43. The van der Waals surface area contributed by atoms with Gasteiger partial charge in [0.1, 0.15) is 11.6 Å². The smallest absolute Gasteiger partial charge is 0.141 e. The molecule has 2 nitrogen and oxygen atoms in total. The molecule has 0 saturated heterocycles. The van der Waals surface area contributed by atoms with E-state index in [1.54, 1.807) is 6.07 Å². The monoisotopic (exact) mass is 273 g/mol. The predicted octanol–water partition coefficient (Wildman–Crippen LogP) is 2.67. The van der Waals surface area contributed by atoms with Crippen LogP contribution in [-0.4, -0.2) is 11.1 Å². The first kappa shape index (κ1) is 10.9. The first-order valence-corrected chi connectivity index (χ1v) is 5.71. The van der Waals surface area contributed by atoms with Crippen molar-refractivity contribution in [2.75, 3.05) is 0 Å². The molecule has 82 valence electrons. The third kappa shape index (κ3) is 1.66. The van der Waals surface area contributed by atoms with Crippen molar-refractivity contribution in [3.63, 3.8) is 0 Å². The lowest BCUT2D eigenvalue weighted by molar-refractivity contribution is 0.440. The Hall–Kier alpha value is -0.610. The second kappa shape index (κ2) is 3.46. The fraction of sp³-hybridized carbons (Fsp3) is 0.455. The fourth-order valence-electron chi connectivity index (χ4n) is 2.04. The van der Waals surface area contributed by atoms with Crippen LogP contribution < -0.4 is 5.73 Å². The Morgan fingerprint density at radius 3 is 2.60 bits per heavy atom. The molecule has 15 heavy (non-hydrogen) atoms. The quantitative estimate of drug-likeness (QED) is 0.871. The standard InChI is InChI=1S/C11H13BrFNO/c1-6(14)11(2-3-11)7-4-8(12)9(13)5-10(7)15/h4-6,15H,2-3,14H2,1H3. The normalized spacial score (nSPS) is 20.0. The first-order chi connectivity index (χ1) is 6.97. The van der Waals surface area contributed by atoms with Crippen LogP contribution in [0.5, 0.6) is 5.75 Å². The highest BCUT2D eigenvalue weighted by Crippen LogP contribution is 2.53. The molecule has 1 aromatic rings. The summed E-state index contributed by atoms with van der Waals surface area (Å²) < 4.78 is 13.5. The minimum Gasteiger partial charge on any atom is -0.508 e. The van der Waals surface area contributed by atoms with Crippen LogP contribution in [0, 0.1) is 5.82 Å². The molecule has 1 unspecified atom stereocenters. The van der Waals surface area contributed by atoms with E-state index in [1.165, 1.54) is 0 Å². The molecular weight excluding hydrogens is 261 g/mol. The van der Waals surface area contributed by atoms with E-state index < -0.39 is 5.82 Å². The number of aromatic hydroxyl groups is 1. The van der Waals surface area contributed by atoms with Crippen LogP contribution >= 0.6 is 15.9 Å². The van der Waals surface area contributed by atoms with Gasteiger partial charge in [0.15, 0.2) is 0 Å². The summed E-state index contributed by atoms with van der Waals surface area (Å²) in [5, 5.41) is 9.72. The van der Waals surface area contributed by atoms with Gasteiger partial charge in [-0.1, -0.05) is 0 Å². The van der Waals surface area contributed by atoms with Crippen molar-refractivity contribution in [3.05, 3.63) is 28.0 Å². The Kier molecular flexibility index (Phi) is 2.51. The summed E-state index contributed by atoms with van der Waals surface area (Å²) in [4.78, 5) is 0. The number of phenolic OH excluding ortho intramolecular Hbond substituents is 1. The van der Waals surface area contributed by atoms with Gasteiger partial charge in [-0.2, -0.15) is 0 Å². The summed E-state index contributed by atoms with van der Waals surface area (Å²) in [6.45, 7) is 1.92. The molecule has 0 aromatic heterocycles. The van der Waals surface area contributed by atoms with Gasteiger partial charge >= 0.3 is 0 Å². The Morgan fingerprint density at radius 1 is 1.53 bits per heavy atom. The Bertz CT molecular complexity index is 402. The summed E-state index contributed by atoms with van der Waals surface area (Å²) >= 11 is 3.12. The predicted molar refractivity (Wildman–Crippen MR) is 60.3 cm³/mol. The van der Waals surface area contributed by atoms with E-state index in [0.29, 0.717) is 4.47 Å². The molecule has 1 fully saturated rings. The van der Waals surface area contributed by atoms with E-state index in [-0.39, 0.29) is 17.2 Å². The third-order valence-corrected chi connectivity index (χ3v) is 3.84. The maximum atomic E-state index is 13.1. The van der Waals surface area contributed by atoms with E-state index in [4.69, 9.17) is 5.73 Å². The number of phenols is 1. The molecule has 0 aliphatic heterocycles. The molecule has 0 heterocycles. The average molecular weight is 274 g/mol. The fourth-order valence-corrected chi connectivity index (χ4v) is 2.38. The highest BCUT2D eigenvalue weighted by molar-refractivity contribution is 9.10. The van der Waals surface area contributed by atoms with Gasteiger partial charge in [-0.3, -0.25) is 0 Å². The molecule has 1 aromatic carbocycles. The molecule has 4 heteroatoms. The van der Waals surface area contributed by atoms with Gasteiger partial charge in [0.05, 0.1) is 4.47 Å². The van der Waals surface area contributed by atoms with Crippen molar-refractivity contribution in [2.24, 2.45) is 5.73 Å². The highest BCUT2D eigenvalue weighted by atomic mass is 79.9. The van der Waals surface area contributed by atoms with Crippen LogP contribution in [0.2, 0.25) is 0 Å². The molecule has 0 spiro atoms. The summed E-state index contributed by atoms with van der Waals surface area (Å²) in [6.07, 6.45) is 1.91. The number of rotatable bonds is 2. The maximum Gasteiger partial charge on any atom is 0.141 e. The topological polar surface area (TPSA) is 46.2 Å². The van der Waals surface area contributed by atoms with E-state index in [0.717, 1.165) is 24.5 Å². The number of hydrogen-bond acceptors (Lipinski definition) is 2. The largest absolute Gasteiger partial charge is 0.508 e. The van der Waals surface area contributed by atoms with Crippen LogP contribution in [0.15, 0.2) is 16.6 Å². The Balaban J connectivity index is 2.49. The summed E-state index contributed by atoms with van der Waals surface area (Å²) in [5.74, 6) is -0.442. The van der Waals surface area contributed by atoms with Crippen molar-refractivity contribution in [3.8, 4) is 5.75 Å². The van der Waals surface area contributed by atoms with Gasteiger partial charge in [-0.15, -0.1) is 0 Å². The van der Waals surface area contributed by atoms with Gasteiger partial charge in [0, 0.05) is 23.1 Å². The van der Waals surface area contributed by atoms with Crippen LogP contribution in [-0.2, 0) is 5.41 Å². The van der Waals surface area contributed by atoms with Gasteiger partial charge in [0.25, 0.3) is 0 Å². The van der Waals surface area contributed by atoms with Crippen molar-refractivity contribution in [2.45, 2.75) is 31.2 Å². The maximum absolute atomic E-state index is 13.1. The second-order valence-electron chi connectivity index (χ2n) is 4.23. The lowest BCUT2D eigenvalue weighted by Gasteiger charge is -2.21. The molecular formula is C11H13BrFNO. The first-order valence-electron chi connectivity index (χ1n) is 4.91. The van der Waals surface area contributed by atoms with Crippen LogP contribution in [0.1, 0.15) is 25.3 Å². The molecule has 0 bridgehead atoms.